The van der Waals surface area contributed by atoms with Gasteiger partial charge in [-0.05, 0) is 174 Å². The molecule has 0 spiro atoms. The molecule has 5 aliphatic carbocycles. The molecule has 7 fully saturated rings. The number of aromatic nitrogens is 4. The molecular formula is C74H98N6O12V2-2. The van der Waals surface area contributed by atoms with E-state index in [-0.39, 0.29) is 116 Å². The van der Waals surface area contributed by atoms with Gasteiger partial charge in [0.1, 0.15) is 46.8 Å². The van der Waals surface area contributed by atoms with E-state index < -0.39 is 41.7 Å². The van der Waals surface area contributed by atoms with Gasteiger partial charge in [0, 0.05) is 49.2 Å². The van der Waals surface area contributed by atoms with Crippen molar-refractivity contribution >= 4 is 58.4 Å². The van der Waals surface area contributed by atoms with E-state index in [4.69, 9.17) is 48.4 Å². The molecule has 2 unspecified atom stereocenters. The van der Waals surface area contributed by atoms with E-state index in [1.165, 1.54) is 6.42 Å². The van der Waals surface area contributed by atoms with Crippen LogP contribution >= 0.6 is 0 Å². The number of carbonyl (C=O) groups excluding carboxylic acids is 6. The van der Waals surface area contributed by atoms with Crippen LogP contribution in [0.25, 0.3) is 22.1 Å². The van der Waals surface area contributed by atoms with Crippen LogP contribution in [0, 0.1) is 58.2 Å². The summed E-state index contributed by atoms with van der Waals surface area (Å²) in [7, 11) is 3.25. The Labute approximate surface area is 579 Å². The fourth-order valence-corrected chi connectivity index (χ4v) is 18.3. The van der Waals surface area contributed by atoms with E-state index in [0.29, 0.717) is 77.2 Å². The molecule has 2 aromatic heterocycles. The molecule has 0 N–H and O–H groups in total. The molecular weight excluding hydrogens is 1270 g/mol. The Hall–Kier alpha value is -5.29. The first-order valence-electron chi connectivity index (χ1n) is 35.3. The minimum Gasteiger partial charge on any atom is -0.540 e. The van der Waals surface area contributed by atoms with Crippen LogP contribution in [-0.4, -0.2) is 129 Å². The normalized spacial score (nSPS) is 32.6. The third-order valence-corrected chi connectivity index (χ3v) is 24.0. The summed E-state index contributed by atoms with van der Waals surface area (Å²) in [5.74, 6) is 1.82. The SMILES string of the molecule is CC[C@@H]1[C@@H]2CN(C(=O)[C@H](C3(C)CCCC3)CC(=O)O[C@@H]3CC4CC4[C@H]3CCCCCc3nc4ccc(OC)cc4nc3O2)[C@@H]1[C-]=O.CC[C@@H]1[C@@H]2CN(C(=O)[C@H](C3(C)CCCC3)CC(=O)O[C@]3(C)CCC[C@H]3CCCCCc3nc4ccc(OC)cc4nc3O2)[C@@H]1[C-]=O.[V].[V]. The third-order valence-electron chi connectivity index (χ3n) is 24.0. The molecule has 18 nitrogen and oxygen atoms in total. The molecule has 2 saturated heterocycles. The van der Waals surface area contributed by atoms with Crippen LogP contribution in [0.2, 0.25) is 0 Å². The van der Waals surface area contributed by atoms with Crippen molar-refractivity contribution < 1.29 is 94.3 Å². The van der Waals surface area contributed by atoms with Crippen LogP contribution in [0.3, 0.4) is 0 Å². The number of amides is 2. The fourth-order valence-electron chi connectivity index (χ4n) is 18.3. The Morgan fingerprint density at radius 1 is 0.532 bits per heavy atom. The van der Waals surface area contributed by atoms with Crippen LogP contribution in [0.5, 0.6) is 23.3 Å². The van der Waals surface area contributed by atoms with Gasteiger partial charge in [0.25, 0.3) is 0 Å². The number of fused-ring (bicyclic) bond motifs is 12. The molecule has 2 aromatic carbocycles. The number of ether oxygens (including phenoxy) is 6. The Bertz CT molecular complexity index is 3260. The van der Waals surface area contributed by atoms with Crippen LogP contribution in [-0.2, 0) is 88.2 Å². The average Bonchev–Trinajstić information content (AvgIpc) is 1.60. The minimum atomic E-state index is -0.762. The Kier molecular flexibility index (Phi) is 23.3. The first kappa shape index (κ1) is 71.5. The summed E-state index contributed by atoms with van der Waals surface area (Å²) in [5.41, 5.74) is 3.33. The van der Waals surface area contributed by atoms with Crippen molar-refractivity contribution in [2.24, 2.45) is 58.2 Å². The van der Waals surface area contributed by atoms with Crippen molar-refractivity contribution in [2.75, 3.05) is 27.3 Å². The van der Waals surface area contributed by atoms with Crippen molar-refractivity contribution in [3.8, 4) is 23.3 Å². The molecule has 508 valence electrons. The van der Waals surface area contributed by atoms with E-state index in [1.807, 2.05) is 50.2 Å². The van der Waals surface area contributed by atoms with Crippen LogP contribution in [0.4, 0.5) is 0 Å². The number of benzene rings is 2. The first-order valence-corrected chi connectivity index (χ1v) is 35.3. The number of hydrogen-bond donors (Lipinski definition) is 0. The topological polar surface area (TPSA) is 216 Å². The first-order chi connectivity index (χ1) is 44.5. The molecule has 13 rings (SSSR count). The zero-order valence-corrected chi connectivity index (χ0v) is 59.2. The van der Waals surface area contributed by atoms with Gasteiger partial charge >= 0.3 is 11.9 Å². The molecule has 4 aromatic rings. The number of esters is 2. The zero-order chi connectivity index (χ0) is 64.5. The Balaban J connectivity index is 0.000000201. The molecule has 4 bridgehead atoms. The number of methoxy groups -OCH3 is 2. The molecule has 2 amide bonds. The van der Waals surface area contributed by atoms with Crippen molar-refractivity contribution in [1.82, 2.24) is 29.7 Å². The molecule has 14 atom stereocenters. The number of rotatable bonds is 8. The number of aryl methyl sites for hydroxylation is 2. The summed E-state index contributed by atoms with van der Waals surface area (Å²) in [4.78, 5) is 105. The van der Waals surface area contributed by atoms with Gasteiger partial charge in [-0.15, -0.1) is 0 Å². The molecule has 94 heavy (non-hydrogen) atoms. The summed E-state index contributed by atoms with van der Waals surface area (Å²) < 4.78 is 36.9. The smallest absolute Gasteiger partial charge is 0.307 e. The monoisotopic (exact) mass is 1360 g/mol. The maximum atomic E-state index is 14.6. The van der Waals surface area contributed by atoms with Gasteiger partial charge in [-0.2, -0.15) is 0 Å². The van der Waals surface area contributed by atoms with Crippen LogP contribution in [0.15, 0.2) is 36.4 Å². The molecule has 20 heteroatoms. The second-order valence-electron chi connectivity index (χ2n) is 29.6. The van der Waals surface area contributed by atoms with Crippen LogP contribution in [0.1, 0.15) is 207 Å². The quantitative estimate of drug-likeness (QED) is 0.118. The van der Waals surface area contributed by atoms with Gasteiger partial charge in [-0.1, -0.05) is 104 Å². The van der Waals surface area contributed by atoms with Gasteiger partial charge < -0.3 is 47.8 Å². The Morgan fingerprint density at radius 3 is 1.49 bits per heavy atom. The number of hydrogen-bond acceptors (Lipinski definition) is 16. The largest absolute Gasteiger partial charge is 0.540 e. The molecule has 4 aliphatic heterocycles. The van der Waals surface area contributed by atoms with E-state index >= 15 is 0 Å². The zero-order valence-electron chi connectivity index (χ0n) is 56.5. The van der Waals surface area contributed by atoms with Crippen molar-refractivity contribution in [3.63, 3.8) is 0 Å². The van der Waals surface area contributed by atoms with Crippen molar-refractivity contribution in [1.29, 1.82) is 0 Å². The third kappa shape index (κ3) is 14.9. The fraction of sp³-hybridized carbons (Fsp3) is 0.703. The summed E-state index contributed by atoms with van der Waals surface area (Å²) in [5, 5.41) is 0. The maximum absolute atomic E-state index is 14.6. The standard InChI is InChI=1S/C37H48N3O6.C37H50N3O6.2V/c1-4-24-31(21-41)40-20-33(24)46-35-29(38-28-13-12-23(44-3)18-30(28)39-35)11-7-5-6-10-25-26-16-22(26)17-32(25)45-34(42)19-27(36(40)43)37(2)14-8-9-15-37;1-5-26-31(23-41)40-22-32(26)45-34-29(38-28-16-15-25(44-4)20-30(28)39-34)14-8-6-7-12-24-13-11-19-37(24,3)46-33(42)21-27(35(40)43)36(2)17-9-10-18-36;;/h12-13,18,22,24-27,31-33H,4-11,14-17,19-20H2,1-3H3;15-16,20,24,26-27,31-32H,5-14,17-19,21-22H2,1-4H3;;/q2*-1;;/t22?,24-,25+,26?,27+,31+,32+,33-;24-,26+,27-,31-,32+,37-;;/m01../s1. The molecule has 6 heterocycles. The maximum Gasteiger partial charge on any atom is 0.307 e. The molecule has 5 saturated carbocycles. The molecule has 2 radical (unpaired) electrons. The van der Waals surface area contributed by atoms with Crippen molar-refractivity contribution in [3.05, 3.63) is 47.8 Å². The van der Waals surface area contributed by atoms with Gasteiger partial charge in [-0.3, -0.25) is 19.2 Å². The van der Waals surface area contributed by atoms with Gasteiger partial charge in [0.05, 0.1) is 74.1 Å². The average molecular weight is 1370 g/mol. The summed E-state index contributed by atoms with van der Waals surface area (Å²) in [6.45, 7) is 10.9. The minimum absolute atomic E-state index is 0. The number of carbonyl (C=O) groups is 4. The van der Waals surface area contributed by atoms with Crippen molar-refractivity contribution in [2.45, 2.75) is 244 Å². The van der Waals surface area contributed by atoms with Gasteiger partial charge in [0.2, 0.25) is 23.6 Å². The summed E-state index contributed by atoms with van der Waals surface area (Å²) >= 11 is 0. The van der Waals surface area contributed by atoms with Gasteiger partial charge in [-0.25, -0.2) is 32.5 Å². The molecule has 9 aliphatic rings. The van der Waals surface area contributed by atoms with E-state index in [2.05, 4.69) is 33.3 Å². The predicted octanol–water partition coefficient (Wildman–Crippen LogP) is 12.5. The second-order valence-corrected chi connectivity index (χ2v) is 29.6. The number of nitrogens with zero attached hydrogens (tertiary/aromatic N) is 6. The summed E-state index contributed by atoms with van der Waals surface area (Å²) in [6, 6.07) is 9.81. The Morgan fingerprint density at radius 2 is 1.01 bits per heavy atom. The summed E-state index contributed by atoms with van der Waals surface area (Å²) in [6.07, 6.45) is 27.1. The van der Waals surface area contributed by atoms with E-state index in [0.717, 1.165) is 157 Å². The predicted molar refractivity (Wildman–Crippen MR) is 346 cm³/mol. The van der Waals surface area contributed by atoms with E-state index in [9.17, 15) is 28.8 Å². The second kappa shape index (κ2) is 30.6. The van der Waals surface area contributed by atoms with Gasteiger partial charge in [0.15, 0.2) is 0 Å². The van der Waals surface area contributed by atoms with Crippen LogP contribution < -0.4 is 18.9 Å². The van der Waals surface area contributed by atoms with E-state index in [1.54, 1.807) is 24.0 Å².